The lowest BCUT2D eigenvalue weighted by Crippen LogP contribution is -2.44. The second kappa shape index (κ2) is 8.99. The Labute approximate surface area is 185 Å². The van der Waals surface area contributed by atoms with Crippen molar-refractivity contribution < 1.29 is 9.59 Å². The molecular formula is C21H26ClN5O2S. The van der Waals surface area contributed by atoms with Gasteiger partial charge in [0.1, 0.15) is 4.88 Å². The van der Waals surface area contributed by atoms with E-state index in [9.17, 15) is 9.59 Å². The van der Waals surface area contributed by atoms with Crippen molar-refractivity contribution in [3.05, 3.63) is 39.4 Å². The molecule has 1 heterocycles. The molecule has 9 heteroatoms. The van der Waals surface area contributed by atoms with E-state index in [0.29, 0.717) is 27.8 Å². The zero-order chi connectivity index (χ0) is 21.3. The third-order valence-electron chi connectivity index (χ3n) is 5.89. The van der Waals surface area contributed by atoms with Crippen LogP contribution in [0.15, 0.2) is 18.2 Å². The number of aryl methyl sites for hydroxylation is 1. The maximum Gasteiger partial charge on any atom is 0.269 e. The van der Waals surface area contributed by atoms with E-state index < -0.39 is 0 Å². The van der Waals surface area contributed by atoms with Gasteiger partial charge < -0.3 is 16.0 Å². The van der Waals surface area contributed by atoms with Crippen LogP contribution >= 0.6 is 23.1 Å². The summed E-state index contributed by atoms with van der Waals surface area (Å²) in [6.07, 6.45) is 5.65. The first-order valence-electron chi connectivity index (χ1n) is 10.4. The van der Waals surface area contributed by atoms with Gasteiger partial charge in [0.15, 0.2) is 0 Å². The van der Waals surface area contributed by atoms with Gasteiger partial charge >= 0.3 is 0 Å². The Hall–Kier alpha value is -2.03. The van der Waals surface area contributed by atoms with Gasteiger partial charge in [0.05, 0.1) is 5.69 Å². The molecule has 7 nitrogen and oxygen atoms in total. The van der Waals surface area contributed by atoms with Gasteiger partial charge in [-0.1, -0.05) is 16.1 Å². The summed E-state index contributed by atoms with van der Waals surface area (Å²) in [5, 5.41) is 7.36. The minimum atomic E-state index is -0.247. The zero-order valence-corrected chi connectivity index (χ0v) is 18.5. The fourth-order valence-corrected chi connectivity index (χ4v) is 4.68. The third-order valence-corrected chi connectivity index (χ3v) is 7.09. The minimum absolute atomic E-state index is 0.143. The van der Waals surface area contributed by atoms with Gasteiger partial charge in [-0.05, 0) is 80.7 Å². The smallest absolute Gasteiger partial charge is 0.269 e. The van der Waals surface area contributed by atoms with Gasteiger partial charge in [-0.3, -0.25) is 9.59 Å². The first-order valence-corrected chi connectivity index (χ1v) is 11.5. The molecule has 3 N–H and O–H groups in total. The maximum atomic E-state index is 13.0. The summed E-state index contributed by atoms with van der Waals surface area (Å²) in [7, 11) is 0. The standard InChI is InChI=1S/C21H26ClN5O2S/c1-12-19(30-26-25-12)20(28)24-16-6-9-18(22)14(10-16)11-27(21(29)13-2-3-13)17-7-4-15(23)5-8-17/h6,9-10,13,15,17H,2-5,7-8,11,23H2,1H3,(H,24,28). The number of nitrogens with one attached hydrogen (secondary N) is 1. The summed E-state index contributed by atoms with van der Waals surface area (Å²) in [4.78, 5) is 28.0. The molecule has 2 saturated carbocycles. The first-order chi connectivity index (χ1) is 14.4. The van der Waals surface area contributed by atoms with Crippen molar-refractivity contribution in [2.75, 3.05) is 5.32 Å². The average molecular weight is 448 g/mol. The zero-order valence-electron chi connectivity index (χ0n) is 16.9. The van der Waals surface area contributed by atoms with E-state index >= 15 is 0 Å². The first kappa shape index (κ1) is 21.2. The summed E-state index contributed by atoms with van der Waals surface area (Å²) in [5.41, 5.74) is 8.13. The highest BCUT2D eigenvalue weighted by atomic mass is 35.5. The number of halogens is 1. The molecule has 0 radical (unpaired) electrons. The van der Waals surface area contributed by atoms with E-state index in [4.69, 9.17) is 17.3 Å². The number of nitrogens with zero attached hydrogens (tertiary/aromatic N) is 3. The highest BCUT2D eigenvalue weighted by Crippen LogP contribution is 2.35. The Morgan fingerprint density at radius 1 is 1.23 bits per heavy atom. The molecule has 30 heavy (non-hydrogen) atoms. The molecule has 0 unspecified atom stereocenters. The fourth-order valence-electron chi connectivity index (χ4n) is 3.95. The van der Waals surface area contributed by atoms with E-state index in [1.807, 2.05) is 11.0 Å². The second-order valence-corrected chi connectivity index (χ2v) is 9.42. The van der Waals surface area contributed by atoms with Gasteiger partial charge in [0, 0.05) is 35.3 Å². The average Bonchev–Trinajstić information content (AvgIpc) is 3.49. The van der Waals surface area contributed by atoms with Crippen LogP contribution < -0.4 is 11.1 Å². The third kappa shape index (κ3) is 4.82. The second-order valence-electron chi connectivity index (χ2n) is 8.26. The minimum Gasteiger partial charge on any atom is -0.335 e. The Kier molecular flexibility index (Phi) is 6.36. The number of anilines is 1. The lowest BCUT2D eigenvalue weighted by molar-refractivity contribution is -0.136. The number of hydrogen-bond donors (Lipinski definition) is 2. The summed E-state index contributed by atoms with van der Waals surface area (Å²) in [6, 6.07) is 5.80. The number of nitrogens with two attached hydrogens (primary N) is 1. The lowest BCUT2D eigenvalue weighted by atomic mass is 9.90. The number of aromatic nitrogens is 2. The molecule has 1 aromatic carbocycles. The van der Waals surface area contributed by atoms with Crippen molar-refractivity contribution >= 4 is 40.6 Å². The summed E-state index contributed by atoms with van der Waals surface area (Å²) >= 11 is 7.54. The summed E-state index contributed by atoms with van der Waals surface area (Å²) in [5.74, 6) is 0.111. The molecule has 2 aliphatic carbocycles. The van der Waals surface area contributed by atoms with Gasteiger partial charge in [-0.25, -0.2) is 0 Å². The number of rotatable bonds is 6. The molecule has 160 valence electrons. The Morgan fingerprint density at radius 2 is 1.97 bits per heavy atom. The van der Waals surface area contributed by atoms with Crippen LogP contribution in [0.1, 0.15) is 59.5 Å². The number of amides is 2. The van der Waals surface area contributed by atoms with E-state index in [1.165, 1.54) is 0 Å². The van der Waals surface area contributed by atoms with Crippen LogP contribution in [0.4, 0.5) is 5.69 Å². The van der Waals surface area contributed by atoms with E-state index in [-0.39, 0.29) is 29.8 Å². The van der Waals surface area contributed by atoms with Gasteiger partial charge in [-0.15, -0.1) is 5.10 Å². The maximum absolute atomic E-state index is 13.0. The number of benzene rings is 1. The van der Waals surface area contributed by atoms with Crippen molar-refractivity contribution in [3.8, 4) is 0 Å². The van der Waals surface area contributed by atoms with Crippen LogP contribution in [-0.2, 0) is 11.3 Å². The Morgan fingerprint density at radius 3 is 2.60 bits per heavy atom. The molecule has 2 amide bonds. The van der Waals surface area contributed by atoms with Crippen LogP contribution in [-0.4, -0.2) is 38.4 Å². The van der Waals surface area contributed by atoms with Gasteiger partial charge in [-0.2, -0.15) is 0 Å². The number of hydrogen-bond acceptors (Lipinski definition) is 6. The normalized spacial score (nSPS) is 21.3. The van der Waals surface area contributed by atoms with Gasteiger partial charge in [0.2, 0.25) is 5.91 Å². The highest BCUT2D eigenvalue weighted by molar-refractivity contribution is 7.08. The van der Waals surface area contributed by atoms with Crippen LogP contribution in [0.2, 0.25) is 5.02 Å². The summed E-state index contributed by atoms with van der Waals surface area (Å²) < 4.78 is 3.81. The molecule has 0 atom stereocenters. The predicted molar refractivity (Wildman–Crippen MR) is 118 cm³/mol. The molecule has 2 aromatic rings. The van der Waals surface area contributed by atoms with Crippen LogP contribution in [0.3, 0.4) is 0 Å². The molecule has 1 aromatic heterocycles. The topological polar surface area (TPSA) is 101 Å². The molecular weight excluding hydrogens is 422 g/mol. The molecule has 0 aliphatic heterocycles. The monoisotopic (exact) mass is 447 g/mol. The van der Waals surface area contributed by atoms with Crippen molar-refractivity contribution in [1.29, 1.82) is 0 Å². The summed E-state index contributed by atoms with van der Waals surface area (Å²) in [6.45, 7) is 2.20. The van der Waals surface area contributed by atoms with Crippen LogP contribution in [0.25, 0.3) is 0 Å². The molecule has 2 fully saturated rings. The number of carbonyl (C=O) groups excluding carboxylic acids is 2. The van der Waals surface area contributed by atoms with E-state index in [2.05, 4.69) is 14.9 Å². The van der Waals surface area contributed by atoms with Crippen molar-refractivity contribution in [2.45, 2.75) is 64.1 Å². The van der Waals surface area contributed by atoms with Crippen LogP contribution in [0, 0.1) is 12.8 Å². The van der Waals surface area contributed by atoms with E-state index in [0.717, 1.165) is 55.6 Å². The van der Waals surface area contributed by atoms with Crippen molar-refractivity contribution in [1.82, 2.24) is 14.5 Å². The molecule has 2 aliphatic rings. The van der Waals surface area contributed by atoms with Crippen LogP contribution in [0.5, 0.6) is 0 Å². The highest BCUT2D eigenvalue weighted by Gasteiger charge is 2.37. The Bertz CT molecular complexity index is 937. The largest absolute Gasteiger partial charge is 0.335 e. The molecule has 0 saturated heterocycles. The molecule has 0 spiro atoms. The van der Waals surface area contributed by atoms with E-state index in [1.54, 1.807) is 19.1 Å². The molecule has 0 bridgehead atoms. The van der Waals surface area contributed by atoms with Crippen molar-refractivity contribution in [2.24, 2.45) is 11.7 Å². The lowest BCUT2D eigenvalue weighted by Gasteiger charge is -2.36. The van der Waals surface area contributed by atoms with Crippen molar-refractivity contribution in [3.63, 3.8) is 0 Å². The SMILES string of the molecule is Cc1nnsc1C(=O)Nc1ccc(Cl)c(CN(C(=O)C2CC2)C2CCC(N)CC2)c1. The molecule has 4 rings (SSSR count). The Balaban J connectivity index is 1.52. The fraction of sp³-hybridized carbons (Fsp3) is 0.524. The predicted octanol–water partition coefficient (Wildman–Crippen LogP) is 3.76. The van der Waals surface area contributed by atoms with Gasteiger partial charge in [0.25, 0.3) is 5.91 Å². The number of carbonyl (C=O) groups is 2. The quantitative estimate of drug-likeness (QED) is 0.702.